The third kappa shape index (κ3) is 3.86. The van der Waals surface area contributed by atoms with Crippen LogP contribution in [0.1, 0.15) is 12.8 Å². The number of carboxylic acids is 1. The van der Waals surface area contributed by atoms with E-state index in [-0.39, 0.29) is 6.61 Å². The van der Waals surface area contributed by atoms with Gasteiger partial charge in [0.1, 0.15) is 11.6 Å². The summed E-state index contributed by atoms with van der Waals surface area (Å²) in [6.45, 7) is 0.584. The second-order valence-electron chi connectivity index (χ2n) is 4.10. The zero-order valence-corrected chi connectivity index (χ0v) is 10.6. The lowest BCUT2D eigenvalue weighted by Crippen LogP contribution is -2.58. The van der Waals surface area contributed by atoms with Crippen molar-refractivity contribution in [1.82, 2.24) is 5.32 Å². The van der Waals surface area contributed by atoms with Crippen molar-refractivity contribution < 1.29 is 19.4 Å². The molecular formula is C10H18N2O4S. The van der Waals surface area contributed by atoms with Crippen molar-refractivity contribution in [3.63, 3.8) is 0 Å². The molecule has 6 nitrogen and oxygen atoms in total. The van der Waals surface area contributed by atoms with Crippen LogP contribution < -0.4 is 11.1 Å². The molecule has 4 N–H and O–H groups in total. The molecule has 1 fully saturated rings. The third-order valence-electron chi connectivity index (χ3n) is 2.72. The first-order valence-electron chi connectivity index (χ1n) is 5.39. The van der Waals surface area contributed by atoms with E-state index in [1.807, 2.05) is 6.26 Å². The predicted octanol–water partition coefficient (Wildman–Crippen LogP) is -0.573. The molecule has 1 rings (SSSR count). The number of nitrogens with one attached hydrogen (secondary N) is 1. The van der Waals surface area contributed by atoms with Crippen LogP contribution in [0, 0.1) is 0 Å². The number of carbonyl (C=O) groups is 2. The first-order chi connectivity index (χ1) is 7.99. The number of ether oxygens (including phenoxy) is 1. The van der Waals surface area contributed by atoms with E-state index in [1.54, 1.807) is 0 Å². The molecule has 0 aromatic carbocycles. The maximum atomic E-state index is 11.9. The summed E-state index contributed by atoms with van der Waals surface area (Å²) in [7, 11) is 0. The molecule has 0 aromatic rings. The Bertz CT molecular complexity index is 292. The minimum atomic E-state index is -1.08. The smallest absolute Gasteiger partial charge is 0.326 e. The molecule has 0 saturated carbocycles. The Hall–Kier alpha value is -0.790. The van der Waals surface area contributed by atoms with Gasteiger partial charge in [-0.05, 0) is 24.9 Å². The van der Waals surface area contributed by atoms with Crippen molar-refractivity contribution in [2.24, 2.45) is 5.73 Å². The van der Waals surface area contributed by atoms with Crippen LogP contribution in [0.25, 0.3) is 0 Å². The van der Waals surface area contributed by atoms with Crippen LogP contribution in [0.4, 0.5) is 0 Å². The van der Waals surface area contributed by atoms with Gasteiger partial charge in [-0.15, -0.1) is 0 Å². The number of thioether (sulfide) groups is 1. The fraction of sp³-hybridized carbons (Fsp3) is 0.800. The number of carboxylic acid groups (broad SMARTS) is 1. The SMILES string of the molecule is CSCC[C@@H](NC(=O)C1(N)CCOC1)C(=O)O. The Balaban J connectivity index is 2.54. The average molecular weight is 262 g/mol. The molecule has 0 aliphatic carbocycles. The summed E-state index contributed by atoms with van der Waals surface area (Å²) in [6.07, 6.45) is 2.70. The van der Waals surface area contributed by atoms with Gasteiger partial charge in [-0.25, -0.2) is 4.79 Å². The van der Waals surface area contributed by atoms with Gasteiger partial charge in [0.25, 0.3) is 0 Å². The van der Waals surface area contributed by atoms with Crippen molar-refractivity contribution in [2.75, 3.05) is 25.2 Å². The lowest BCUT2D eigenvalue weighted by atomic mass is 9.98. The molecule has 1 saturated heterocycles. The van der Waals surface area contributed by atoms with Gasteiger partial charge < -0.3 is 20.9 Å². The summed E-state index contributed by atoms with van der Waals surface area (Å²) in [5.41, 5.74) is 4.77. The van der Waals surface area contributed by atoms with E-state index in [0.717, 1.165) is 0 Å². The molecule has 1 heterocycles. The van der Waals surface area contributed by atoms with E-state index in [0.29, 0.717) is 25.2 Å². The number of hydrogen-bond acceptors (Lipinski definition) is 5. The van der Waals surface area contributed by atoms with Gasteiger partial charge in [0, 0.05) is 6.61 Å². The standard InChI is InChI=1S/C10H18N2O4S/c1-17-5-2-7(8(13)14)12-9(15)10(11)3-4-16-6-10/h7H,2-6,11H2,1H3,(H,12,15)(H,13,14)/t7-,10?/m1/s1. The van der Waals surface area contributed by atoms with Crippen LogP contribution in [-0.2, 0) is 14.3 Å². The van der Waals surface area contributed by atoms with E-state index < -0.39 is 23.5 Å². The Morgan fingerprint density at radius 2 is 2.35 bits per heavy atom. The zero-order chi connectivity index (χ0) is 12.9. The van der Waals surface area contributed by atoms with Gasteiger partial charge in [-0.1, -0.05) is 0 Å². The third-order valence-corrected chi connectivity index (χ3v) is 3.36. The van der Waals surface area contributed by atoms with Gasteiger partial charge in [0.05, 0.1) is 6.61 Å². The average Bonchev–Trinajstić information content (AvgIpc) is 2.72. The van der Waals surface area contributed by atoms with Crippen molar-refractivity contribution in [3.05, 3.63) is 0 Å². The number of rotatable bonds is 6. The quantitative estimate of drug-likeness (QED) is 0.592. The Morgan fingerprint density at radius 3 is 2.82 bits per heavy atom. The summed E-state index contributed by atoms with van der Waals surface area (Å²) >= 11 is 1.54. The molecule has 98 valence electrons. The highest BCUT2D eigenvalue weighted by atomic mass is 32.2. The number of amides is 1. The van der Waals surface area contributed by atoms with Crippen molar-refractivity contribution in [2.45, 2.75) is 24.4 Å². The maximum absolute atomic E-state index is 11.9. The molecule has 17 heavy (non-hydrogen) atoms. The highest BCUT2D eigenvalue weighted by Gasteiger charge is 2.39. The molecule has 2 atom stereocenters. The van der Waals surface area contributed by atoms with Crippen LogP contribution in [0.15, 0.2) is 0 Å². The van der Waals surface area contributed by atoms with Gasteiger partial charge in [0.2, 0.25) is 5.91 Å². The fourth-order valence-corrected chi connectivity index (χ4v) is 2.03. The van der Waals surface area contributed by atoms with Crippen LogP contribution in [0.5, 0.6) is 0 Å². The van der Waals surface area contributed by atoms with Crippen molar-refractivity contribution in [1.29, 1.82) is 0 Å². The summed E-state index contributed by atoms with van der Waals surface area (Å²) in [5, 5.41) is 11.5. The molecule has 7 heteroatoms. The van der Waals surface area contributed by atoms with Crippen LogP contribution in [0.2, 0.25) is 0 Å². The summed E-state index contributed by atoms with van der Waals surface area (Å²) in [5.74, 6) is -0.802. The Morgan fingerprint density at radius 1 is 1.65 bits per heavy atom. The van der Waals surface area contributed by atoms with Crippen LogP contribution >= 0.6 is 11.8 Å². The Kier molecular flexibility index (Phi) is 5.23. The van der Waals surface area contributed by atoms with E-state index in [1.165, 1.54) is 11.8 Å². The number of hydrogen-bond donors (Lipinski definition) is 3. The second kappa shape index (κ2) is 6.23. The van der Waals surface area contributed by atoms with Gasteiger partial charge in [-0.2, -0.15) is 11.8 Å². The summed E-state index contributed by atoms with van der Waals surface area (Å²) < 4.78 is 5.07. The lowest BCUT2D eigenvalue weighted by molar-refractivity contribution is -0.142. The summed E-state index contributed by atoms with van der Waals surface area (Å²) in [4.78, 5) is 22.8. The van der Waals surface area contributed by atoms with Gasteiger partial charge >= 0.3 is 5.97 Å². The molecule has 1 aliphatic rings. The van der Waals surface area contributed by atoms with Crippen molar-refractivity contribution >= 4 is 23.6 Å². The minimum absolute atomic E-state index is 0.147. The first kappa shape index (κ1) is 14.3. The van der Waals surface area contributed by atoms with E-state index in [9.17, 15) is 9.59 Å². The monoisotopic (exact) mass is 262 g/mol. The molecular weight excluding hydrogens is 244 g/mol. The molecule has 0 radical (unpaired) electrons. The largest absolute Gasteiger partial charge is 0.480 e. The normalized spacial score (nSPS) is 25.5. The summed E-state index contributed by atoms with van der Waals surface area (Å²) in [6, 6.07) is -0.879. The number of aliphatic carboxylic acids is 1. The molecule has 0 aromatic heterocycles. The minimum Gasteiger partial charge on any atom is -0.480 e. The highest BCUT2D eigenvalue weighted by molar-refractivity contribution is 7.98. The van der Waals surface area contributed by atoms with Crippen LogP contribution in [-0.4, -0.2) is 53.8 Å². The maximum Gasteiger partial charge on any atom is 0.326 e. The predicted molar refractivity (Wildman–Crippen MR) is 64.9 cm³/mol. The van der Waals surface area contributed by atoms with E-state index in [4.69, 9.17) is 15.6 Å². The number of nitrogens with two attached hydrogens (primary N) is 1. The zero-order valence-electron chi connectivity index (χ0n) is 9.77. The van der Waals surface area contributed by atoms with Gasteiger partial charge in [0.15, 0.2) is 0 Å². The molecule has 0 bridgehead atoms. The fourth-order valence-electron chi connectivity index (χ4n) is 1.55. The highest BCUT2D eigenvalue weighted by Crippen LogP contribution is 2.16. The topological polar surface area (TPSA) is 102 Å². The lowest BCUT2D eigenvalue weighted by Gasteiger charge is -2.23. The number of carbonyl (C=O) groups excluding carboxylic acids is 1. The molecule has 1 unspecified atom stereocenters. The van der Waals surface area contributed by atoms with Crippen molar-refractivity contribution in [3.8, 4) is 0 Å². The molecule has 0 spiro atoms. The second-order valence-corrected chi connectivity index (χ2v) is 5.09. The van der Waals surface area contributed by atoms with Gasteiger partial charge in [-0.3, -0.25) is 4.79 Å². The van der Waals surface area contributed by atoms with E-state index >= 15 is 0 Å². The Labute approximate surface area is 104 Å². The molecule has 1 amide bonds. The molecule has 1 aliphatic heterocycles. The van der Waals surface area contributed by atoms with Crippen LogP contribution in [0.3, 0.4) is 0 Å². The van der Waals surface area contributed by atoms with E-state index in [2.05, 4.69) is 5.32 Å². The first-order valence-corrected chi connectivity index (χ1v) is 6.78.